The molecule has 2 aromatic carbocycles. The minimum Gasteiger partial charge on any atom is -0.292 e. The number of hydrazine groups is 1. The van der Waals surface area contributed by atoms with E-state index in [4.69, 9.17) is 46.4 Å². The normalized spacial score (nSPS) is 24.6. The first-order valence-corrected chi connectivity index (χ1v) is 12.0. The molecule has 0 aromatic heterocycles. The lowest BCUT2D eigenvalue weighted by molar-refractivity contribution is -0.154. The van der Waals surface area contributed by atoms with Crippen molar-refractivity contribution in [2.45, 2.75) is 6.42 Å². The molecule has 174 valence electrons. The van der Waals surface area contributed by atoms with Gasteiger partial charge in [0.25, 0.3) is 17.7 Å². The van der Waals surface area contributed by atoms with Crippen molar-refractivity contribution < 1.29 is 19.2 Å². The van der Waals surface area contributed by atoms with E-state index >= 15 is 0 Å². The zero-order valence-corrected chi connectivity index (χ0v) is 20.4. The van der Waals surface area contributed by atoms with Crippen LogP contribution in [0.15, 0.2) is 48.6 Å². The molecule has 5 rings (SSSR count). The molecular weight excluding hydrogens is 522 g/mol. The number of nitrogens with zero attached hydrogens (tertiary/aromatic N) is 2. The third-order valence-electron chi connectivity index (χ3n) is 6.61. The van der Waals surface area contributed by atoms with Crippen molar-refractivity contribution in [3.05, 3.63) is 79.8 Å². The Kier molecular flexibility index (Phi) is 5.97. The molecule has 10 heteroatoms. The van der Waals surface area contributed by atoms with Crippen molar-refractivity contribution in [3.8, 4) is 0 Å². The second-order valence-electron chi connectivity index (χ2n) is 8.52. The zero-order chi connectivity index (χ0) is 24.3. The molecular formula is C24H16Cl4N2O4. The van der Waals surface area contributed by atoms with E-state index in [1.807, 2.05) is 12.2 Å². The van der Waals surface area contributed by atoms with Gasteiger partial charge in [-0.05, 0) is 54.7 Å². The lowest BCUT2D eigenvalue weighted by Crippen LogP contribution is -2.52. The van der Waals surface area contributed by atoms with Gasteiger partial charge in [0.2, 0.25) is 0 Å². The summed E-state index contributed by atoms with van der Waals surface area (Å²) < 4.78 is 0. The molecule has 2 bridgehead atoms. The Morgan fingerprint density at radius 2 is 1.32 bits per heavy atom. The van der Waals surface area contributed by atoms with E-state index in [1.165, 1.54) is 36.4 Å². The molecule has 2 aliphatic carbocycles. The average Bonchev–Trinajstić information content (AvgIpc) is 3.45. The molecule has 1 aliphatic heterocycles. The summed E-state index contributed by atoms with van der Waals surface area (Å²) in [4.78, 5) is 53.6. The predicted molar refractivity (Wildman–Crippen MR) is 128 cm³/mol. The highest BCUT2D eigenvalue weighted by Crippen LogP contribution is 2.52. The van der Waals surface area contributed by atoms with Gasteiger partial charge in [-0.15, -0.1) is 0 Å². The summed E-state index contributed by atoms with van der Waals surface area (Å²) in [5, 5.41) is 2.44. The number of carbonyl (C=O) groups is 4. The van der Waals surface area contributed by atoms with Crippen molar-refractivity contribution in [3.63, 3.8) is 0 Å². The smallest absolute Gasteiger partial charge is 0.274 e. The zero-order valence-electron chi connectivity index (χ0n) is 17.4. The Bertz CT molecular complexity index is 1260. The standard InChI is InChI=1S/C24H16Cl4N2O4/c25-13-3-5-15(17(27)8-13)19(31)10-29(22(32)16-6-4-14(26)9-18(16)28)30-23(33)20-11-1-2-12(7-11)21(20)24(30)34/h1-6,8-9,11-12,20-21H,7,10H2/t11-,12-,20-,21-/m0/s1. The predicted octanol–water partition coefficient (Wildman–Crippen LogP) is 5.35. The summed E-state index contributed by atoms with van der Waals surface area (Å²) in [6.45, 7) is -0.598. The fourth-order valence-corrected chi connectivity index (χ4v) is 6.10. The largest absolute Gasteiger partial charge is 0.292 e. The van der Waals surface area contributed by atoms with Crippen LogP contribution in [-0.2, 0) is 9.59 Å². The Morgan fingerprint density at radius 3 is 1.82 bits per heavy atom. The van der Waals surface area contributed by atoms with Gasteiger partial charge in [0.15, 0.2) is 5.78 Å². The number of benzene rings is 2. The molecule has 0 radical (unpaired) electrons. The van der Waals surface area contributed by atoms with Crippen molar-refractivity contribution in [1.29, 1.82) is 0 Å². The number of rotatable bonds is 5. The topological polar surface area (TPSA) is 74.8 Å². The number of amides is 3. The molecule has 4 atom stereocenters. The second kappa shape index (κ2) is 8.68. The van der Waals surface area contributed by atoms with E-state index in [9.17, 15) is 19.2 Å². The molecule has 2 fully saturated rings. The van der Waals surface area contributed by atoms with Gasteiger partial charge in [-0.25, -0.2) is 5.01 Å². The fraction of sp³-hybridized carbons (Fsp3) is 0.250. The lowest BCUT2D eigenvalue weighted by Gasteiger charge is -2.31. The van der Waals surface area contributed by atoms with Gasteiger partial charge in [0, 0.05) is 15.6 Å². The van der Waals surface area contributed by atoms with Crippen molar-refractivity contribution in [2.75, 3.05) is 6.54 Å². The number of carbonyl (C=O) groups excluding carboxylic acids is 4. The molecule has 3 aliphatic rings. The Labute approximate surface area is 215 Å². The summed E-state index contributed by atoms with van der Waals surface area (Å²) in [5.41, 5.74) is 0.104. The molecule has 34 heavy (non-hydrogen) atoms. The van der Waals surface area contributed by atoms with Gasteiger partial charge in [-0.2, -0.15) is 5.01 Å². The van der Waals surface area contributed by atoms with E-state index in [0.717, 1.165) is 16.4 Å². The number of fused-ring (bicyclic) bond motifs is 5. The van der Waals surface area contributed by atoms with Crippen LogP contribution in [0, 0.1) is 23.7 Å². The first-order valence-electron chi connectivity index (χ1n) is 10.5. The first-order chi connectivity index (χ1) is 16.2. The number of Topliss-reactive ketones (excluding diaryl/α,β-unsaturated/α-hetero) is 1. The number of hydrogen-bond donors (Lipinski definition) is 0. The Hall–Kier alpha value is -2.38. The van der Waals surface area contributed by atoms with Gasteiger partial charge in [0.1, 0.15) is 6.54 Å². The van der Waals surface area contributed by atoms with E-state index in [2.05, 4.69) is 0 Å². The van der Waals surface area contributed by atoms with Gasteiger partial charge in [0.05, 0.1) is 27.4 Å². The van der Waals surface area contributed by atoms with Crippen LogP contribution in [0.5, 0.6) is 0 Å². The van der Waals surface area contributed by atoms with Crippen molar-refractivity contribution >= 4 is 69.9 Å². The van der Waals surface area contributed by atoms with E-state index in [0.29, 0.717) is 10.0 Å². The molecule has 1 saturated heterocycles. The van der Waals surface area contributed by atoms with Crippen molar-refractivity contribution in [1.82, 2.24) is 10.0 Å². The van der Waals surface area contributed by atoms with Gasteiger partial charge < -0.3 is 0 Å². The highest BCUT2D eigenvalue weighted by molar-refractivity contribution is 6.37. The monoisotopic (exact) mass is 536 g/mol. The minimum atomic E-state index is -0.776. The summed E-state index contributed by atoms with van der Waals surface area (Å²) in [6, 6.07) is 8.54. The molecule has 0 spiro atoms. The summed E-state index contributed by atoms with van der Waals surface area (Å²) in [5.74, 6) is -3.56. The Balaban J connectivity index is 1.53. The number of allylic oxidation sites excluding steroid dienone is 2. The van der Waals surface area contributed by atoms with Gasteiger partial charge in [-0.1, -0.05) is 58.6 Å². The van der Waals surface area contributed by atoms with Crippen LogP contribution >= 0.6 is 46.4 Å². The second-order valence-corrected chi connectivity index (χ2v) is 10.2. The van der Waals surface area contributed by atoms with Crippen LogP contribution in [0.3, 0.4) is 0 Å². The average molecular weight is 538 g/mol. The van der Waals surface area contributed by atoms with E-state index < -0.39 is 41.9 Å². The molecule has 1 heterocycles. The van der Waals surface area contributed by atoms with Crippen LogP contribution < -0.4 is 0 Å². The van der Waals surface area contributed by atoms with Crippen LogP contribution in [0.4, 0.5) is 0 Å². The first kappa shape index (κ1) is 23.4. The molecule has 1 saturated carbocycles. The number of imide groups is 1. The molecule has 6 nitrogen and oxygen atoms in total. The number of hydrogen-bond acceptors (Lipinski definition) is 4. The Morgan fingerprint density at radius 1 is 0.824 bits per heavy atom. The third-order valence-corrected chi connectivity index (χ3v) is 7.70. The van der Waals surface area contributed by atoms with Crippen LogP contribution in [0.1, 0.15) is 27.1 Å². The lowest BCUT2D eigenvalue weighted by atomic mass is 9.85. The van der Waals surface area contributed by atoms with Gasteiger partial charge in [-0.3, -0.25) is 19.2 Å². The van der Waals surface area contributed by atoms with Crippen molar-refractivity contribution in [2.24, 2.45) is 23.7 Å². The maximum atomic E-state index is 13.6. The van der Waals surface area contributed by atoms with Crippen LogP contribution in [0.2, 0.25) is 20.1 Å². The molecule has 2 aromatic rings. The highest BCUT2D eigenvalue weighted by atomic mass is 35.5. The number of halogens is 4. The molecule has 0 unspecified atom stereocenters. The maximum Gasteiger partial charge on any atom is 0.274 e. The molecule has 3 amide bonds. The van der Waals surface area contributed by atoms with E-state index in [1.54, 1.807) is 0 Å². The highest BCUT2D eigenvalue weighted by Gasteiger charge is 2.61. The quantitative estimate of drug-likeness (QED) is 0.293. The molecule has 0 N–H and O–H groups in total. The summed E-state index contributed by atoms with van der Waals surface area (Å²) in [7, 11) is 0. The van der Waals surface area contributed by atoms with Crippen LogP contribution in [-0.4, -0.2) is 40.1 Å². The third kappa shape index (κ3) is 3.73. The fourth-order valence-electron chi connectivity index (χ4n) is 5.10. The summed E-state index contributed by atoms with van der Waals surface area (Å²) in [6.07, 6.45) is 4.62. The van der Waals surface area contributed by atoms with Crippen LogP contribution in [0.25, 0.3) is 0 Å². The van der Waals surface area contributed by atoms with Gasteiger partial charge >= 0.3 is 0 Å². The SMILES string of the molecule is O=C(CN(C(=O)c1ccc(Cl)cc1Cl)N1C(=O)[C@@H]2[C@@H](C1=O)[C@H]1C=C[C@H]2C1)c1ccc(Cl)cc1Cl. The minimum absolute atomic E-state index is 0.000161. The number of ketones is 1. The summed E-state index contributed by atoms with van der Waals surface area (Å²) >= 11 is 24.3. The maximum absolute atomic E-state index is 13.6. The van der Waals surface area contributed by atoms with E-state index in [-0.39, 0.29) is 33.0 Å².